The molecule has 0 bridgehead atoms. The molecular weight excluding hydrogens is 426 g/mol. The lowest BCUT2D eigenvalue weighted by Gasteiger charge is -2.14. The first-order valence-electron chi connectivity index (χ1n) is 7.16. The third-order valence-electron chi connectivity index (χ3n) is 3.57. The van der Waals surface area contributed by atoms with Crippen LogP contribution in [0.2, 0.25) is 0 Å². The SMILES string of the molecule is FC(F)(F)c1cn(-c2ccc(Br)cc2)c(-c2ccccc2C(F)(F)F)n1. The minimum atomic E-state index is -4.79. The molecule has 0 unspecified atom stereocenters. The van der Waals surface area contributed by atoms with Gasteiger partial charge in [-0.1, -0.05) is 34.1 Å². The number of nitrogens with zero attached hydrogens (tertiary/aromatic N) is 2. The smallest absolute Gasteiger partial charge is 0.299 e. The van der Waals surface area contributed by atoms with E-state index in [0.717, 1.165) is 16.7 Å². The van der Waals surface area contributed by atoms with Gasteiger partial charge >= 0.3 is 12.4 Å². The third kappa shape index (κ3) is 3.62. The van der Waals surface area contributed by atoms with Crippen LogP contribution in [-0.2, 0) is 12.4 Å². The monoisotopic (exact) mass is 434 g/mol. The second-order valence-corrected chi connectivity index (χ2v) is 6.25. The zero-order chi connectivity index (χ0) is 19.1. The van der Waals surface area contributed by atoms with Gasteiger partial charge in [-0.2, -0.15) is 26.3 Å². The van der Waals surface area contributed by atoms with Crippen LogP contribution in [0, 0.1) is 0 Å². The lowest BCUT2D eigenvalue weighted by atomic mass is 10.1. The van der Waals surface area contributed by atoms with Crippen molar-refractivity contribution >= 4 is 15.9 Å². The summed E-state index contributed by atoms with van der Waals surface area (Å²) in [5.41, 5.74) is -2.51. The number of benzene rings is 2. The quantitative estimate of drug-likeness (QED) is 0.430. The van der Waals surface area contributed by atoms with Gasteiger partial charge in [0.1, 0.15) is 5.82 Å². The maximum Gasteiger partial charge on any atom is 0.434 e. The summed E-state index contributed by atoms with van der Waals surface area (Å²) >= 11 is 3.20. The van der Waals surface area contributed by atoms with Gasteiger partial charge in [-0.15, -0.1) is 0 Å². The van der Waals surface area contributed by atoms with Gasteiger partial charge < -0.3 is 0 Å². The van der Waals surface area contributed by atoms with Gasteiger partial charge in [0.05, 0.1) is 5.56 Å². The topological polar surface area (TPSA) is 17.8 Å². The van der Waals surface area contributed by atoms with Gasteiger partial charge in [0, 0.05) is 21.9 Å². The second-order valence-electron chi connectivity index (χ2n) is 5.34. The van der Waals surface area contributed by atoms with Crippen LogP contribution in [0.15, 0.2) is 59.2 Å². The average Bonchev–Trinajstić information content (AvgIpc) is 3.00. The lowest BCUT2D eigenvalue weighted by Crippen LogP contribution is -2.09. The van der Waals surface area contributed by atoms with E-state index in [4.69, 9.17) is 0 Å². The number of hydrogen-bond donors (Lipinski definition) is 0. The van der Waals surface area contributed by atoms with E-state index in [1.807, 2.05) is 0 Å². The van der Waals surface area contributed by atoms with Crippen LogP contribution in [0.4, 0.5) is 26.3 Å². The van der Waals surface area contributed by atoms with Crippen molar-refractivity contribution in [3.63, 3.8) is 0 Å². The number of imidazole rings is 1. The zero-order valence-corrected chi connectivity index (χ0v) is 14.3. The molecule has 3 rings (SSSR count). The van der Waals surface area contributed by atoms with Crippen molar-refractivity contribution in [2.75, 3.05) is 0 Å². The molecule has 2 aromatic carbocycles. The van der Waals surface area contributed by atoms with Crippen LogP contribution in [0.1, 0.15) is 11.3 Å². The average molecular weight is 435 g/mol. The summed E-state index contributed by atoms with van der Waals surface area (Å²) in [5, 5.41) is 0. The van der Waals surface area contributed by atoms with Crippen molar-refractivity contribution in [2.45, 2.75) is 12.4 Å². The van der Waals surface area contributed by atoms with Crippen molar-refractivity contribution in [1.82, 2.24) is 9.55 Å². The fourth-order valence-corrected chi connectivity index (χ4v) is 2.69. The highest BCUT2D eigenvalue weighted by molar-refractivity contribution is 9.10. The van der Waals surface area contributed by atoms with Gasteiger partial charge in [-0.3, -0.25) is 4.57 Å². The van der Waals surface area contributed by atoms with Crippen LogP contribution >= 0.6 is 15.9 Å². The molecule has 1 aromatic heterocycles. The first kappa shape index (κ1) is 18.5. The molecule has 0 aliphatic carbocycles. The van der Waals surface area contributed by atoms with Crippen LogP contribution < -0.4 is 0 Å². The van der Waals surface area contributed by atoms with Crippen molar-refractivity contribution in [3.05, 3.63) is 70.5 Å². The van der Waals surface area contributed by atoms with E-state index in [9.17, 15) is 26.3 Å². The molecule has 0 atom stereocenters. The Hall–Kier alpha value is -2.29. The number of hydrogen-bond acceptors (Lipinski definition) is 1. The van der Waals surface area contributed by atoms with E-state index in [0.29, 0.717) is 10.7 Å². The van der Waals surface area contributed by atoms with E-state index >= 15 is 0 Å². The lowest BCUT2D eigenvalue weighted by molar-refractivity contribution is -0.140. The van der Waals surface area contributed by atoms with Crippen LogP contribution in [0.5, 0.6) is 0 Å². The highest BCUT2D eigenvalue weighted by Crippen LogP contribution is 2.39. The first-order valence-corrected chi connectivity index (χ1v) is 7.96. The molecular formula is C17H9BrF6N2. The Kier molecular flexibility index (Phi) is 4.60. The molecule has 0 spiro atoms. The molecule has 0 amide bonds. The van der Waals surface area contributed by atoms with Crippen LogP contribution in [-0.4, -0.2) is 9.55 Å². The number of alkyl halides is 6. The van der Waals surface area contributed by atoms with Gasteiger partial charge in [0.25, 0.3) is 0 Å². The van der Waals surface area contributed by atoms with E-state index in [-0.39, 0.29) is 5.69 Å². The van der Waals surface area contributed by atoms with Crippen molar-refractivity contribution in [3.8, 4) is 17.1 Å². The van der Waals surface area contributed by atoms with Gasteiger partial charge in [0.2, 0.25) is 0 Å². The summed E-state index contributed by atoms with van der Waals surface area (Å²) in [6.07, 6.45) is -8.83. The summed E-state index contributed by atoms with van der Waals surface area (Å²) in [5.74, 6) is -0.437. The van der Waals surface area contributed by atoms with Crippen molar-refractivity contribution in [1.29, 1.82) is 0 Å². The molecule has 0 fully saturated rings. The Balaban J connectivity index is 2.28. The Morgan fingerprint density at radius 2 is 1.42 bits per heavy atom. The summed E-state index contributed by atoms with van der Waals surface area (Å²) in [7, 11) is 0. The predicted molar refractivity (Wildman–Crippen MR) is 86.7 cm³/mol. The molecule has 0 radical (unpaired) electrons. The highest BCUT2D eigenvalue weighted by atomic mass is 79.9. The Morgan fingerprint density at radius 3 is 2.00 bits per heavy atom. The van der Waals surface area contributed by atoms with Crippen LogP contribution in [0.3, 0.4) is 0 Å². The third-order valence-corrected chi connectivity index (χ3v) is 4.10. The van der Waals surface area contributed by atoms with Gasteiger partial charge in [-0.05, 0) is 30.3 Å². The molecule has 0 N–H and O–H groups in total. The number of halogens is 7. The van der Waals surface area contributed by atoms with Gasteiger partial charge in [0.15, 0.2) is 5.69 Å². The summed E-state index contributed by atoms with van der Waals surface area (Å²) in [4.78, 5) is 3.45. The number of rotatable bonds is 2. The van der Waals surface area contributed by atoms with Crippen molar-refractivity contribution in [2.24, 2.45) is 0 Å². The first-order chi connectivity index (χ1) is 12.1. The minimum absolute atomic E-state index is 0.253. The molecule has 0 aliphatic heterocycles. The van der Waals surface area contributed by atoms with Crippen molar-refractivity contribution < 1.29 is 26.3 Å². The molecule has 1 heterocycles. The normalized spacial score (nSPS) is 12.4. The minimum Gasteiger partial charge on any atom is -0.299 e. The zero-order valence-electron chi connectivity index (χ0n) is 12.7. The molecule has 2 nitrogen and oxygen atoms in total. The number of aromatic nitrogens is 2. The maximum absolute atomic E-state index is 13.3. The van der Waals surface area contributed by atoms with Crippen LogP contribution in [0.25, 0.3) is 17.1 Å². The summed E-state index contributed by atoms with van der Waals surface area (Å²) in [6.45, 7) is 0. The summed E-state index contributed by atoms with van der Waals surface area (Å²) in [6, 6.07) is 10.5. The Morgan fingerprint density at radius 1 is 0.808 bits per heavy atom. The van der Waals surface area contributed by atoms with E-state index in [1.54, 1.807) is 12.1 Å². The van der Waals surface area contributed by atoms with Gasteiger partial charge in [-0.25, -0.2) is 4.98 Å². The van der Waals surface area contributed by atoms with E-state index < -0.39 is 35.0 Å². The fourth-order valence-electron chi connectivity index (χ4n) is 2.43. The molecule has 136 valence electrons. The molecule has 0 saturated heterocycles. The second kappa shape index (κ2) is 6.46. The molecule has 3 aromatic rings. The maximum atomic E-state index is 13.3. The summed E-state index contributed by atoms with van der Waals surface area (Å²) < 4.78 is 80.9. The van der Waals surface area contributed by atoms with E-state index in [1.165, 1.54) is 24.3 Å². The fraction of sp³-hybridized carbons (Fsp3) is 0.118. The largest absolute Gasteiger partial charge is 0.434 e. The van der Waals surface area contributed by atoms with E-state index in [2.05, 4.69) is 20.9 Å². The predicted octanol–water partition coefficient (Wildman–Crippen LogP) is 6.34. The Bertz CT molecular complexity index is 926. The molecule has 0 aliphatic rings. The highest BCUT2D eigenvalue weighted by Gasteiger charge is 2.38. The molecule has 0 saturated carbocycles. The molecule has 9 heteroatoms. The Labute approximate surface area is 152 Å². The standard InChI is InChI=1S/C17H9BrF6N2/c18-10-5-7-11(8-6-10)26-9-14(17(22,23)24)25-15(26)12-3-1-2-4-13(12)16(19,20)21/h1-9H. The molecule has 26 heavy (non-hydrogen) atoms.